The molecule has 0 saturated carbocycles. The van der Waals surface area contributed by atoms with Gasteiger partial charge >= 0.3 is 11.9 Å². The number of alkyl halides is 3. The van der Waals surface area contributed by atoms with Crippen molar-refractivity contribution in [3.63, 3.8) is 0 Å². The number of hydrogen-bond donors (Lipinski definition) is 1. The van der Waals surface area contributed by atoms with E-state index in [2.05, 4.69) is 4.85 Å². The second-order valence-corrected chi connectivity index (χ2v) is 8.24. The van der Waals surface area contributed by atoms with Crippen LogP contribution >= 0.6 is 0 Å². The largest absolute Gasteiger partial charge is 0.493 e. The molecule has 1 fully saturated rings. The van der Waals surface area contributed by atoms with Gasteiger partial charge in [0.2, 0.25) is 5.88 Å². The number of halogens is 3. The quantitative estimate of drug-likeness (QED) is 0.585. The summed E-state index contributed by atoms with van der Waals surface area (Å²) in [6.07, 6.45) is -4.35. The van der Waals surface area contributed by atoms with E-state index in [1.54, 1.807) is 23.1 Å². The van der Waals surface area contributed by atoms with Gasteiger partial charge in [0, 0.05) is 12.1 Å². The third kappa shape index (κ3) is 3.03. The van der Waals surface area contributed by atoms with Gasteiger partial charge in [-0.2, -0.15) is 13.2 Å². The summed E-state index contributed by atoms with van der Waals surface area (Å²) in [6, 6.07) is 8.98. The Morgan fingerprint density at radius 2 is 1.97 bits per heavy atom. The lowest BCUT2D eigenvalue weighted by molar-refractivity contribution is -0.136. The number of amides is 1. The van der Waals surface area contributed by atoms with Crippen LogP contribution in [0.2, 0.25) is 0 Å². The summed E-state index contributed by atoms with van der Waals surface area (Å²) in [5.74, 6) is -0.740. The van der Waals surface area contributed by atoms with Gasteiger partial charge in [0.05, 0.1) is 29.9 Å². The maximum absolute atomic E-state index is 13.4. The SMILES string of the molecule is [C-]#[N+]c1ccc(-n2c(O)c3n(c2=O)C2CC3N(C(=O)c3cccc(C)c3)C2)cc1C(F)(F)F. The fourth-order valence-electron chi connectivity index (χ4n) is 4.83. The zero-order chi connectivity index (χ0) is 23.7. The lowest BCUT2D eigenvalue weighted by Crippen LogP contribution is -2.37. The Kier molecular flexibility index (Phi) is 4.43. The van der Waals surface area contributed by atoms with Gasteiger partial charge in [-0.3, -0.25) is 9.36 Å². The monoisotopic (exact) mass is 454 g/mol. The minimum atomic E-state index is -4.80. The molecular formula is C23H17F3N4O3. The van der Waals surface area contributed by atoms with Crippen molar-refractivity contribution in [1.82, 2.24) is 14.0 Å². The van der Waals surface area contributed by atoms with Crippen molar-refractivity contribution in [2.24, 2.45) is 0 Å². The molecule has 1 aromatic heterocycles. The number of aryl methyl sites for hydroxylation is 1. The standard InChI is InChI=1S/C23H17F3N4O3/c1-12-4-3-5-13(8-12)20(31)28-11-15-10-18(28)19-21(32)30(22(33)29(15)19)14-6-7-17(27-2)16(9-14)23(24,25)26/h3-9,15,18,32H,10-11H2,1H3. The fourth-order valence-corrected chi connectivity index (χ4v) is 4.83. The number of carbonyl (C=O) groups excluding carboxylic acids is 1. The second kappa shape index (κ2) is 7.00. The number of aromatic nitrogens is 2. The molecule has 2 aromatic carbocycles. The van der Waals surface area contributed by atoms with E-state index in [0.29, 0.717) is 18.1 Å². The maximum atomic E-state index is 13.4. The van der Waals surface area contributed by atoms with Crippen molar-refractivity contribution in [1.29, 1.82) is 0 Å². The molecule has 33 heavy (non-hydrogen) atoms. The number of hydrogen-bond acceptors (Lipinski definition) is 3. The Morgan fingerprint density at radius 3 is 2.64 bits per heavy atom. The van der Waals surface area contributed by atoms with Gasteiger partial charge in [-0.1, -0.05) is 23.8 Å². The van der Waals surface area contributed by atoms with E-state index in [1.807, 2.05) is 13.0 Å². The normalized spacial score (nSPS) is 18.9. The molecule has 0 spiro atoms. The van der Waals surface area contributed by atoms with Crippen LogP contribution in [-0.2, 0) is 6.18 Å². The predicted molar refractivity (Wildman–Crippen MR) is 112 cm³/mol. The van der Waals surface area contributed by atoms with Crippen LogP contribution in [0.25, 0.3) is 10.5 Å². The van der Waals surface area contributed by atoms with Crippen molar-refractivity contribution in [2.45, 2.75) is 31.6 Å². The van der Waals surface area contributed by atoms with Crippen molar-refractivity contribution in [3.8, 4) is 11.6 Å². The smallest absolute Gasteiger partial charge is 0.407 e. The lowest BCUT2D eigenvalue weighted by Gasteiger charge is -2.27. The number of carbonyl (C=O) groups is 1. The van der Waals surface area contributed by atoms with Crippen molar-refractivity contribution in [2.75, 3.05) is 6.54 Å². The van der Waals surface area contributed by atoms with Gasteiger partial charge < -0.3 is 10.0 Å². The first-order valence-electron chi connectivity index (χ1n) is 10.1. The summed E-state index contributed by atoms with van der Waals surface area (Å²) in [4.78, 5) is 30.7. The summed E-state index contributed by atoms with van der Waals surface area (Å²) in [7, 11) is 0. The van der Waals surface area contributed by atoms with Crippen LogP contribution in [0.15, 0.2) is 47.3 Å². The molecule has 2 bridgehead atoms. The van der Waals surface area contributed by atoms with Gasteiger partial charge in [-0.05, 0) is 37.6 Å². The van der Waals surface area contributed by atoms with Gasteiger partial charge in [-0.25, -0.2) is 14.2 Å². The molecule has 5 rings (SSSR count). The van der Waals surface area contributed by atoms with E-state index in [4.69, 9.17) is 6.57 Å². The third-order valence-electron chi connectivity index (χ3n) is 6.25. The van der Waals surface area contributed by atoms with E-state index in [0.717, 1.165) is 16.2 Å². The second-order valence-electron chi connectivity index (χ2n) is 8.24. The Balaban J connectivity index is 1.58. The van der Waals surface area contributed by atoms with E-state index in [9.17, 15) is 27.9 Å². The summed E-state index contributed by atoms with van der Waals surface area (Å²) in [5.41, 5.74) is -1.05. The number of aromatic hydroxyl groups is 1. The highest BCUT2D eigenvalue weighted by molar-refractivity contribution is 5.95. The van der Waals surface area contributed by atoms with Gasteiger partial charge in [0.15, 0.2) is 5.69 Å². The Hall–Kier alpha value is -4.00. The summed E-state index contributed by atoms with van der Waals surface area (Å²) in [5, 5.41) is 10.9. The molecule has 0 aliphatic carbocycles. The summed E-state index contributed by atoms with van der Waals surface area (Å²) >= 11 is 0. The zero-order valence-corrected chi connectivity index (χ0v) is 17.3. The van der Waals surface area contributed by atoms with Crippen LogP contribution in [0.4, 0.5) is 18.9 Å². The van der Waals surface area contributed by atoms with E-state index in [1.165, 1.54) is 10.6 Å². The molecule has 2 aliphatic rings. The lowest BCUT2D eigenvalue weighted by atomic mass is 10.1. The molecule has 2 atom stereocenters. The van der Waals surface area contributed by atoms with E-state index in [-0.39, 0.29) is 29.9 Å². The fraction of sp³-hybridized carbons (Fsp3) is 0.261. The van der Waals surface area contributed by atoms with E-state index < -0.39 is 35.0 Å². The van der Waals surface area contributed by atoms with Crippen LogP contribution < -0.4 is 5.69 Å². The van der Waals surface area contributed by atoms with Gasteiger partial charge in [0.1, 0.15) is 5.69 Å². The molecule has 2 aliphatic heterocycles. The highest BCUT2D eigenvalue weighted by atomic mass is 19.4. The molecule has 168 valence electrons. The van der Waals surface area contributed by atoms with Gasteiger partial charge in [0.25, 0.3) is 5.91 Å². The molecule has 2 unspecified atom stereocenters. The molecule has 1 amide bonds. The van der Waals surface area contributed by atoms with Crippen LogP contribution in [0.1, 0.15) is 45.7 Å². The molecule has 10 heteroatoms. The number of likely N-dealkylation sites (tertiary alicyclic amines) is 1. The number of fused-ring (bicyclic) bond motifs is 5. The average Bonchev–Trinajstić information content (AvgIpc) is 3.43. The maximum Gasteiger partial charge on any atom is 0.407 e. The summed E-state index contributed by atoms with van der Waals surface area (Å²) in [6.45, 7) is 9.10. The van der Waals surface area contributed by atoms with Crippen LogP contribution in [0.5, 0.6) is 5.88 Å². The topological polar surface area (TPSA) is 71.8 Å². The first-order valence-corrected chi connectivity index (χ1v) is 10.1. The molecule has 0 radical (unpaired) electrons. The highest BCUT2D eigenvalue weighted by Gasteiger charge is 2.49. The predicted octanol–water partition coefficient (Wildman–Crippen LogP) is 4.36. The number of imidazole rings is 1. The Morgan fingerprint density at radius 1 is 1.21 bits per heavy atom. The molecule has 7 nitrogen and oxygen atoms in total. The number of rotatable bonds is 2. The molecule has 3 aromatic rings. The molecule has 1 N–H and O–H groups in total. The van der Waals surface area contributed by atoms with Crippen molar-refractivity contribution in [3.05, 3.63) is 86.8 Å². The minimum absolute atomic E-state index is 0.199. The van der Waals surface area contributed by atoms with Crippen molar-refractivity contribution < 1.29 is 23.1 Å². The van der Waals surface area contributed by atoms with Crippen molar-refractivity contribution >= 4 is 11.6 Å². The minimum Gasteiger partial charge on any atom is -0.493 e. The number of benzene rings is 2. The van der Waals surface area contributed by atoms with Crippen LogP contribution in [-0.4, -0.2) is 31.6 Å². The molecule has 1 saturated heterocycles. The Bertz CT molecular complexity index is 1410. The number of nitrogens with zero attached hydrogens (tertiary/aromatic N) is 4. The average molecular weight is 454 g/mol. The van der Waals surface area contributed by atoms with Crippen LogP contribution in [0, 0.1) is 13.5 Å². The highest BCUT2D eigenvalue weighted by Crippen LogP contribution is 2.49. The Labute approximate surface area is 185 Å². The van der Waals surface area contributed by atoms with Gasteiger partial charge in [-0.15, -0.1) is 0 Å². The third-order valence-corrected chi connectivity index (χ3v) is 6.25. The first kappa shape index (κ1) is 20.9. The van der Waals surface area contributed by atoms with Crippen LogP contribution in [0.3, 0.4) is 0 Å². The first-order chi connectivity index (χ1) is 15.6. The zero-order valence-electron chi connectivity index (χ0n) is 17.3. The van der Waals surface area contributed by atoms with E-state index >= 15 is 0 Å². The molecule has 3 heterocycles. The molecular weight excluding hydrogens is 437 g/mol. The summed E-state index contributed by atoms with van der Waals surface area (Å²) < 4.78 is 42.4.